The Hall–Kier alpha value is -1.63. The summed E-state index contributed by atoms with van der Waals surface area (Å²) in [6.45, 7) is 2.78. The number of aromatic nitrogens is 1. The molecule has 2 heterocycles. The third-order valence-electron chi connectivity index (χ3n) is 4.53. The number of ether oxygens (including phenoxy) is 1. The molecule has 138 valence electrons. The molecular weight excluding hydrogens is 418 g/mol. The van der Waals surface area contributed by atoms with E-state index >= 15 is 0 Å². The Bertz CT molecular complexity index is 815. The average molecular weight is 439 g/mol. The van der Waals surface area contributed by atoms with E-state index in [1.54, 1.807) is 7.11 Å². The second kappa shape index (κ2) is 8.37. The molecule has 5 nitrogen and oxygen atoms in total. The van der Waals surface area contributed by atoms with Crippen LogP contribution in [0.5, 0.6) is 5.88 Å². The van der Waals surface area contributed by atoms with Gasteiger partial charge in [0.15, 0.2) is 0 Å². The average Bonchev–Trinajstić information content (AvgIpc) is 3.06. The van der Waals surface area contributed by atoms with Crippen molar-refractivity contribution in [3.05, 3.63) is 45.4 Å². The summed E-state index contributed by atoms with van der Waals surface area (Å²) < 4.78 is 6.34. The second-order valence-corrected chi connectivity index (χ2v) is 7.56. The molecule has 0 saturated carbocycles. The van der Waals surface area contributed by atoms with Gasteiger partial charge in [-0.2, -0.15) is 0 Å². The number of hydrogen-bond donors (Lipinski definition) is 2. The summed E-state index contributed by atoms with van der Waals surface area (Å²) in [6.07, 6.45) is 1.47. The number of carbonyl (C=O) groups is 1. The Morgan fingerprint density at radius 3 is 2.92 bits per heavy atom. The van der Waals surface area contributed by atoms with Gasteiger partial charge in [0, 0.05) is 40.6 Å². The van der Waals surface area contributed by atoms with Crippen molar-refractivity contribution in [2.45, 2.75) is 31.8 Å². The van der Waals surface area contributed by atoms with Crippen molar-refractivity contribution < 1.29 is 9.53 Å². The summed E-state index contributed by atoms with van der Waals surface area (Å²) in [5.74, 6) is 0.688. The molecule has 2 atom stereocenters. The zero-order chi connectivity index (χ0) is 18.7. The van der Waals surface area contributed by atoms with Gasteiger partial charge >= 0.3 is 0 Å². The largest absolute Gasteiger partial charge is 0.481 e. The van der Waals surface area contributed by atoms with Gasteiger partial charge < -0.3 is 15.4 Å². The molecule has 7 heteroatoms. The van der Waals surface area contributed by atoms with Crippen LogP contribution in [-0.4, -0.2) is 30.6 Å². The normalized spacial score (nSPS) is 17.8. The van der Waals surface area contributed by atoms with Crippen molar-refractivity contribution in [1.29, 1.82) is 0 Å². The smallest absolute Gasteiger partial charge is 0.220 e. The predicted octanol–water partition coefficient (Wildman–Crippen LogP) is 4.10. The number of nitrogens with one attached hydrogen (secondary N) is 2. The second-order valence-electron chi connectivity index (χ2n) is 6.33. The fourth-order valence-corrected chi connectivity index (χ4v) is 3.64. The van der Waals surface area contributed by atoms with Crippen LogP contribution in [0.2, 0.25) is 5.02 Å². The molecule has 2 aromatic rings. The first-order valence-corrected chi connectivity index (χ1v) is 9.68. The fraction of sp³-hybridized carbons (Fsp3) is 0.368. The van der Waals surface area contributed by atoms with Crippen LogP contribution in [-0.2, 0) is 4.79 Å². The van der Waals surface area contributed by atoms with Crippen LogP contribution in [0, 0.1) is 0 Å². The van der Waals surface area contributed by atoms with E-state index in [9.17, 15) is 4.79 Å². The molecule has 1 aliphatic rings. The summed E-state index contributed by atoms with van der Waals surface area (Å²) >= 11 is 9.83. The Kier molecular flexibility index (Phi) is 6.16. The first-order valence-electron chi connectivity index (χ1n) is 8.51. The Balaban J connectivity index is 1.78. The Morgan fingerprint density at radius 2 is 2.23 bits per heavy atom. The van der Waals surface area contributed by atoms with Gasteiger partial charge in [-0.05, 0) is 47.5 Å². The van der Waals surface area contributed by atoms with Gasteiger partial charge in [-0.25, -0.2) is 4.98 Å². The van der Waals surface area contributed by atoms with E-state index in [4.69, 9.17) is 16.3 Å². The zero-order valence-corrected chi connectivity index (χ0v) is 17.0. The highest BCUT2D eigenvalue weighted by Gasteiger charge is 2.22. The highest BCUT2D eigenvalue weighted by Crippen LogP contribution is 2.35. The minimum absolute atomic E-state index is 0.0435. The van der Waals surface area contributed by atoms with E-state index in [0.29, 0.717) is 17.3 Å². The molecule has 1 saturated heterocycles. The number of rotatable bonds is 6. The summed E-state index contributed by atoms with van der Waals surface area (Å²) in [7, 11) is 1.61. The number of hydrogen-bond acceptors (Lipinski definition) is 4. The number of nitrogens with zero attached hydrogens (tertiary/aromatic N) is 1. The van der Waals surface area contributed by atoms with E-state index in [1.807, 2.05) is 30.3 Å². The number of pyridine rings is 1. The molecule has 26 heavy (non-hydrogen) atoms. The molecule has 2 N–H and O–H groups in total. The van der Waals surface area contributed by atoms with E-state index in [0.717, 1.165) is 34.3 Å². The van der Waals surface area contributed by atoms with Crippen molar-refractivity contribution in [3.8, 4) is 17.1 Å². The summed E-state index contributed by atoms with van der Waals surface area (Å²) in [4.78, 5) is 15.9. The van der Waals surface area contributed by atoms with Gasteiger partial charge in [0.2, 0.25) is 11.8 Å². The third kappa shape index (κ3) is 4.19. The zero-order valence-electron chi connectivity index (χ0n) is 14.7. The van der Waals surface area contributed by atoms with Crippen LogP contribution in [0.4, 0.5) is 0 Å². The van der Waals surface area contributed by atoms with Crippen LogP contribution in [0.1, 0.15) is 31.4 Å². The number of carbonyl (C=O) groups excluding carboxylic acids is 1. The standard InChI is InChI=1S/C19H21BrClN3O2/c1-11(22-10-12-6-9-17(25)23-12)13-7-8-16(24-19(13)26-2)14-4-3-5-15(20)18(14)21/h3-5,7-8,11-12,22H,6,9-10H2,1-2H3,(H,23,25)/t11-,12+/m1/s1. The quantitative estimate of drug-likeness (QED) is 0.713. The highest BCUT2D eigenvalue weighted by molar-refractivity contribution is 9.10. The summed E-state index contributed by atoms with van der Waals surface area (Å²) in [5, 5.41) is 7.03. The maximum atomic E-state index is 11.3. The van der Waals surface area contributed by atoms with Crippen LogP contribution < -0.4 is 15.4 Å². The molecular formula is C19H21BrClN3O2. The number of methoxy groups -OCH3 is 1. The monoisotopic (exact) mass is 437 g/mol. The minimum atomic E-state index is 0.0435. The summed E-state index contributed by atoms with van der Waals surface area (Å²) in [6, 6.07) is 9.92. The van der Waals surface area contributed by atoms with E-state index in [1.165, 1.54) is 0 Å². The minimum Gasteiger partial charge on any atom is -0.481 e. The van der Waals surface area contributed by atoms with Gasteiger partial charge in [-0.3, -0.25) is 4.79 Å². The van der Waals surface area contributed by atoms with Gasteiger partial charge in [-0.1, -0.05) is 23.7 Å². The van der Waals surface area contributed by atoms with Crippen molar-refractivity contribution in [1.82, 2.24) is 15.6 Å². The van der Waals surface area contributed by atoms with Crippen molar-refractivity contribution in [3.63, 3.8) is 0 Å². The van der Waals surface area contributed by atoms with Gasteiger partial charge in [0.25, 0.3) is 0 Å². The molecule has 1 aliphatic heterocycles. The van der Waals surface area contributed by atoms with E-state index in [2.05, 4.69) is 38.5 Å². The topological polar surface area (TPSA) is 63.2 Å². The molecule has 0 radical (unpaired) electrons. The molecule has 1 aromatic heterocycles. The van der Waals surface area contributed by atoms with Gasteiger partial charge in [0.1, 0.15) is 0 Å². The molecule has 3 rings (SSSR count). The van der Waals surface area contributed by atoms with Gasteiger partial charge in [0.05, 0.1) is 17.8 Å². The first kappa shape index (κ1) is 19.1. The highest BCUT2D eigenvalue weighted by atomic mass is 79.9. The van der Waals surface area contributed by atoms with Crippen LogP contribution in [0.15, 0.2) is 34.8 Å². The van der Waals surface area contributed by atoms with E-state index in [-0.39, 0.29) is 18.0 Å². The van der Waals surface area contributed by atoms with Crippen LogP contribution >= 0.6 is 27.5 Å². The number of halogens is 2. The maximum Gasteiger partial charge on any atom is 0.220 e. The molecule has 0 aliphatic carbocycles. The Labute approximate surface area is 166 Å². The SMILES string of the molecule is COc1nc(-c2cccc(Br)c2Cl)ccc1[C@@H](C)NC[C@@H]1CCC(=O)N1. The third-order valence-corrected chi connectivity index (χ3v) is 5.83. The lowest BCUT2D eigenvalue weighted by molar-refractivity contribution is -0.119. The van der Waals surface area contributed by atoms with E-state index < -0.39 is 0 Å². The van der Waals surface area contributed by atoms with Crippen LogP contribution in [0.25, 0.3) is 11.3 Å². The van der Waals surface area contributed by atoms with Crippen LogP contribution in [0.3, 0.4) is 0 Å². The van der Waals surface area contributed by atoms with Crippen molar-refractivity contribution in [2.24, 2.45) is 0 Å². The van der Waals surface area contributed by atoms with Gasteiger partial charge in [-0.15, -0.1) is 0 Å². The van der Waals surface area contributed by atoms with Crippen molar-refractivity contribution in [2.75, 3.05) is 13.7 Å². The molecule has 1 amide bonds. The molecule has 1 aromatic carbocycles. The molecule has 0 spiro atoms. The lowest BCUT2D eigenvalue weighted by Gasteiger charge is -2.20. The Morgan fingerprint density at radius 1 is 1.42 bits per heavy atom. The predicted molar refractivity (Wildman–Crippen MR) is 107 cm³/mol. The number of benzene rings is 1. The maximum absolute atomic E-state index is 11.3. The molecule has 0 unspecified atom stereocenters. The lowest BCUT2D eigenvalue weighted by Crippen LogP contribution is -2.36. The molecule has 0 bridgehead atoms. The first-order chi connectivity index (χ1) is 12.5. The summed E-state index contributed by atoms with van der Waals surface area (Å²) in [5.41, 5.74) is 2.57. The molecule has 1 fully saturated rings. The van der Waals surface area contributed by atoms with Crippen molar-refractivity contribution >= 4 is 33.4 Å². The number of amides is 1. The fourth-order valence-electron chi connectivity index (χ4n) is 3.06. The lowest BCUT2D eigenvalue weighted by atomic mass is 10.1.